The molecule has 3 rings (SSSR count). The van der Waals surface area contributed by atoms with Crippen LogP contribution in [-0.2, 0) is 12.8 Å². The molecule has 1 amide bonds. The third-order valence-electron chi connectivity index (χ3n) is 3.43. The summed E-state index contributed by atoms with van der Waals surface area (Å²) in [5, 5.41) is 0. The lowest BCUT2D eigenvalue weighted by molar-refractivity contribution is 0.0995. The highest BCUT2D eigenvalue weighted by atomic mass is 16.5. The average molecular weight is 269 g/mol. The smallest absolute Gasteiger partial charge is 0.267 e. The number of carbonyl (C=O) groups excluding carboxylic acids is 1. The van der Waals surface area contributed by atoms with Gasteiger partial charge in [-0.2, -0.15) is 0 Å². The molecule has 102 valence electrons. The number of fused-ring (bicyclic) bond motifs is 1. The van der Waals surface area contributed by atoms with Crippen molar-refractivity contribution < 1.29 is 9.53 Å². The third-order valence-corrected chi connectivity index (χ3v) is 3.43. The number of carbonyl (C=O) groups is 1. The second-order valence-electron chi connectivity index (χ2n) is 4.84. The molecule has 1 heterocycles. The van der Waals surface area contributed by atoms with Crippen LogP contribution in [-0.4, -0.2) is 10.9 Å². The highest BCUT2D eigenvalue weighted by Crippen LogP contribution is 2.30. The number of anilines is 1. The first-order valence-corrected chi connectivity index (χ1v) is 6.49. The van der Waals surface area contributed by atoms with Crippen molar-refractivity contribution in [2.75, 3.05) is 5.73 Å². The van der Waals surface area contributed by atoms with Gasteiger partial charge in [-0.25, -0.2) is 4.98 Å². The molecule has 0 atom stereocenters. The normalized spacial score (nSPS) is 13.0. The Morgan fingerprint density at radius 1 is 1.15 bits per heavy atom. The van der Waals surface area contributed by atoms with Gasteiger partial charge in [0.25, 0.3) is 5.91 Å². The van der Waals surface area contributed by atoms with Crippen LogP contribution in [0.25, 0.3) is 0 Å². The fraction of sp³-hybridized carbons (Fsp3) is 0.200. The molecular formula is C15H15N3O2. The number of benzene rings is 1. The van der Waals surface area contributed by atoms with Crippen molar-refractivity contribution in [2.45, 2.75) is 19.3 Å². The van der Waals surface area contributed by atoms with E-state index in [0.29, 0.717) is 11.4 Å². The molecule has 1 aromatic carbocycles. The lowest BCUT2D eigenvalue weighted by Gasteiger charge is -2.09. The van der Waals surface area contributed by atoms with E-state index in [2.05, 4.69) is 11.1 Å². The van der Waals surface area contributed by atoms with E-state index in [-0.39, 0.29) is 11.6 Å². The summed E-state index contributed by atoms with van der Waals surface area (Å²) >= 11 is 0. The summed E-state index contributed by atoms with van der Waals surface area (Å²) in [6.07, 6.45) is 3.36. The minimum atomic E-state index is -0.608. The van der Waals surface area contributed by atoms with Gasteiger partial charge in [-0.1, -0.05) is 6.07 Å². The van der Waals surface area contributed by atoms with Gasteiger partial charge in [0.1, 0.15) is 11.4 Å². The van der Waals surface area contributed by atoms with Crippen LogP contribution >= 0.6 is 0 Å². The highest BCUT2D eigenvalue weighted by molar-refractivity contribution is 5.91. The van der Waals surface area contributed by atoms with Crippen molar-refractivity contribution in [1.82, 2.24) is 4.98 Å². The van der Waals surface area contributed by atoms with Crippen LogP contribution in [0.5, 0.6) is 11.6 Å². The summed E-state index contributed by atoms with van der Waals surface area (Å²) < 4.78 is 5.68. The van der Waals surface area contributed by atoms with E-state index >= 15 is 0 Å². The second-order valence-corrected chi connectivity index (χ2v) is 4.84. The lowest BCUT2D eigenvalue weighted by Crippen LogP contribution is -2.13. The van der Waals surface area contributed by atoms with Crippen molar-refractivity contribution in [3.63, 3.8) is 0 Å². The van der Waals surface area contributed by atoms with Crippen LogP contribution in [0, 0.1) is 0 Å². The van der Waals surface area contributed by atoms with Gasteiger partial charge in [0.15, 0.2) is 0 Å². The number of hydrogen-bond acceptors (Lipinski definition) is 4. The summed E-state index contributed by atoms with van der Waals surface area (Å²) in [5.41, 5.74) is 14.2. The van der Waals surface area contributed by atoms with E-state index < -0.39 is 5.91 Å². The van der Waals surface area contributed by atoms with E-state index in [9.17, 15) is 4.79 Å². The van der Waals surface area contributed by atoms with E-state index in [0.717, 1.165) is 12.8 Å². The molecule has 0 radical (unpaired) electrons. The predicted molar refractivity (Wildman–Crippen MR) is 75.7 cm³/mol. The van der Waals surface area contributed by atoms with Gasteiger partial charge in [-0.05, 0) is 54.7 Å². The van der Waals surface area contributed by atoms with Gasteiger partial charge in [-0.15, -0.1) is 0 Å². The molecular weight excluding hydrogens is 254 g/mol. The molecule has 1 aliphatic carbocycles. The van der Waals surface area contributed by atoms with Crippen LogP contribution in [0.1, 0.15) is 28.0 Å². The zero-order valence-electron chi connectivity index (χ0n) is 10.9. The Morgan fingerprint density at radius 2 is 1.95 bits per heavy atom. The largest absolute Gasteiger partial charge is 0.437 e. The summed E-state index contributed by atoms with van der Waals surface area (Å²) in [6, 6.07) is 9.00. The second kappa shape index (κ2) is 4.85. The molecule has 5 heteroatoms. The Balaban J connectivity index is 1.91. The molecule has 0 saturated heterocycles. The fourth-order valence-electron chi connectivity index (χ4n) is 2.39. The number of primary amides is 1. The number of ether oxygens (including phenoxy) is 1. The fourth-order valence-corrected chi connectivity index (χ4v) is 2.39. The third kappa shape index (κ3) is 2.30. The van der Waals surface area contributed by atoms with E-state index in [1.165, 1.54) is 23.6 Å². The summed E-state index contributed by atoms with van der Waals surface area (Å²) in [4.78, 5) is 15.2. The molecule has 0 saturated carbocycles. The first-order valence-electron chi connectivity index (χ1n) is 6.49. The summed E-state index contributed by atoms with van der Waals surface area (Å²) in [5.74, 6) is 0.273. The molecule has 5 nitrogen and oxygen atoms in total. The Labute approximate surface area is 116 Å². The molecule has 4 N–H and O–H groups in total. The van der Waals surface area contributed by atoms with E-state index in [1.54, 1.807) is 6.07 Å². The highest BCUT2D eigenvalue weighted by Gasteiger charge is 2.13. The zero-order chi connectivity index (χ0) is 14.1. The zero-order valence-corrected chi connectivity index (χ0v) is 10.9. The number of aryl methyl sites for hydroxylation is 2. The topological polar surface area (TPSA) is 91.2 Å². The maximum atomic E-state index is 11.1. The van der Waals surface area contributed by atoms with Gasteiger partial charge in [0, 0.05) is 0 Å². The maximum Gasteiger partial charge on any atom is 0.267 e. The van der Waals surface area contributed by atoms with E-state index in [4.69, 9.17) is 16.2 Å². The van der Waals surface area contributed by atoms with Crippen molar-refractivity contribution in [3.8, 4) is 11.6 Å². The van der Waals surface area contributed by atoms with Gasteiger partial charge in [-0.3, -0.25) is 4.79 Å². The van der Waals surface area contributed by atoms with Crippen molar-refractivity contribution in [1.29, 1.82) is 0 Å². The minimum Gasteiger partial charge on any atom is -0.437 e. The molecule has 0 unspecified atom stereocenters. The summed E-state index contributed by atoms with van der Waals surface area (Å²) in [6.45, 7) is 0. The number of amides is 1. The molecule has 0 spiro atoms. The molecule has 1 aliphatic rings. The average Bonchev–Trinajstić information content (AvgIpc) is 2.88. The number of nitrogens with two attached hydrogens (primary N) is 2. The Morgan fingerprint density at radius 3 is 2.75 bits per heavy atom. The SMILES string of the molecule is NC(=O)c1ccc(N)c(Oc2ccc3c(c2)CCC3)n1. The van der Waals surface area contributed by atoms with E-state index in [1.807, 2.05) is 12.1 Å². The number of rotatable bonds is 3. The Hall–Kier alpha value is -2.56. The van der Waals surface area contributed by atoms with Crippen LogP contribution in [0.4, 0.5) is 5.69 Å². The monoisotopic (exact) mass is 269 g/mol. The number of pyridine rings is 1. The van der Waals surface area contributed by atoms with Crippen LogP contribution in [0.2, 0.25) is 0 Å². The van der Waals surface area contributed by atoms with Gasteiger partial charge in [0.2, 0.25) is 5.88 Å². The molecule has 20 heavy (non-hydrogen) atoms. The molecule has 0 bridgehead atoms. The maximum absolute atomic E-state index is 11.1. The number of nitrogen functional groups attached to an aromatic ring is 1. The van der Waals surface area contributed by atoms with Crippen molar-refractivity contribution in [3.05, 3.63) is 47.2 Å². The predicted octanol–water partition coefficient (Wildman–Crippen LogP) is 2.04. The van der Waals surface area contributed by atoms with Crippen LogP contribution in [0.3, 0.4) is 0 Å². The first-order chi connectivity index (χ1) is 9.63. The minimum absolute atomic E-state index is 0.135. The first kappa shape index (κ1) is 12.5. The van der Waals surface area contributed by atoms with Crippen LogP contribution in [0.15, 0.2) is 30.3 Å². The molecule has 1 aromatic heterocycles. The number of hydrogen-bond donors (Lipinski definition) is 2. The van der Waals surface area contributed by atoms with Gasteiger partial charge in [0.05, 0.1) is 5.69 Å². The number of nitrogens with zero attached hydrogens (tertiary/aromatic N) is 1. The Kier molecular flexibility index (Phi) is 3.02. The van der Waals surface area contributed by atoms with Crippen LogP contribution < -0.4 is 16.2 Å². The molecule has 0 aliphatic heterocycles. The quantitative estimate of drug-likeness (QED) is 0.892. The van der Waals surface area contributed by atoms with Crippen molar-refractivity contribution in [2.24, 2.45) is 5.73 Å². The van der Waals surface area contributed by atoms with Crippen molar-refractivity contribution >= 4 is 11.6 Å². The molecule has 2 aromatic rings. The number of aromatic nitrogens is 1. The molecule has 0 fully saturated rings. The summed E-state index contributed by atoms with van der Waals surface area (Å²) in [7, 11) is 0. The lowest BCUT2D eigenvalue weighted by atomic mass is 10.1. The standard InChI is InChI=1S/C15H15N3O2/c16-12-6-7-13(14(17)19)18-15(12)20-11-5-4-9-2-1-3-10(9)8-11/h4-8H,1-3,16H2,(H2,17,19). The van der Waals surface area contributed by atoms with Gasteiger partial charge < -0.3 is 16.2 Å². The van der Waals surface area contributed by atoms with Gasteiger partial charge >= 0.3 is 0 Å². The Bertz CT molecular complexity index is 683.